The Morgan fingerprint density at radius 1 is 1.29 bits per heavy atom. The van der Waals surface area contributed by atoms with Crippen molar-refractivity contribution in [2.45, 2.75) is 4.21 Å². The maximum atomic E-state index is 12.2. The first-order chi connectivity index (χ1) is 9.83. The molecule has 21 heavy (non-hydrogen) atoms. The van der Waals surface area contributed by atoms with Gasteiger partial charge in [0.2, 0.25) is 0 Å². The summed E-state index contributed by atoms with van der Waals surface area (Å²) in [6, 6.07) is 7.17. The summed E-state index contributed by atoms with van der Waals surface area (Å²) in [5.41, 5.74) is 5.89. The predicted octanol–water partition coefficient (Wildman–Crippen LogP) is 2.95. The highest BCUT2D eigenvalue weighted by Gasteiger charge is 2.18. The van der Waals surface area contributed by atoms with Crippen LogP contribution >= 0.6 is 34.5 Å². The number of halogens is 2. The van der Waals surface area contributed by atoms with E-state index in [4.69, 9.17) is 34.1 Å². The van der Waals surface area contributed by atoms with Crippen LogP contribution in [0.25, 0.3) is 0 Å². The largest absolute Gasteiger partial charge is 0.409 e. The molecular formula is C11H9Cl2N3O3S2. The number of rotatable bonds is 4. The van der Waals surface area contributed by atoms with Gasteiger partial charge >= 0.3 is 0 Å². The highest BCUT2D eigenvalue weighted by Crippen LogP contribution is 2.30. The number of nitrogens with zero attached hydrogens (tertiary/aromatic N) is 1. The Hall–Kier alpha value is -1.48. The van der Waals surface area contributed by atoms with Crippen molar-refractivity contribution >= 4 is 56.1 Å². The molecular weight excluding hydrogens is 357 g/mol. The number of amidine groups is 1. The molecule has 2 aromatic rings. The van der Waals surface area contributed by atoms with Crippen LogP contribution in [0.4, 0.5) is 5.69 Å². The number of nitrogens with two attached hydrogens (primary N) is 1. The minimum absolute atomic E-state index is 0.0535. The minimum atomic E-state index is -3.81. The summed E-state index contributed by atoms with van der Waals surface area (Å²) in [4.78, 5) is 0. The summed E-state index contributed by atoms with van der Waals surface area (Å²) < 4.78 is 27.1. The normalized spacial score (nSPS) is 12.4. The van der Waals surface area contributed by atoms with Gasteiger partial charge in [0, 0.05) is 5.56 Å². The highest BCUT2D eigenvalue weighted by molar-refractivity contribution is 7.94. The fourth-order valence-electron chi connectivity index (χ4n) is 1.46. The van der Waals surface area contributed by atoms with Gasteiger partial charge in [0.25, 0.3) is 10.0 Å². The molecule has 0 radical (unpaired) electrons. The quantitative estimate of drug-likeness (QED) is 0.335. The fourth-order valence-corrected chi connectivity index (χ4v) is 4.23. The molecule has 1 aromatic carbocycles. The van der Waals surface area contributed by atoms with Crippen molar-refractivity contribution < 1.29 is 13.6 Å². The third kappa shape index (κ3) is 3.59. The molecule has 0 spiro atoms. The van der Waals surface area contributed by atoms with E-state index in [9.17, 15) is 8.42 Å². The van der Waals surface area contributed by atoms with Crippen molar-refractivity contribution in [3.8, 4) is 0 Å². The van der Waals surface area contributed by atoms with Crippen molar-refractivity contribution in [2.24, 2.45) is 10.9 Å². The molecule has 4 N–H and O–H groups in total. The van der Waals surface area contributed by atoms with Crippen LogP contribution in [-0.4, -0.2) is 19.5 Å². The van der Waals surface area contributed by atoms with Gasteiger partial charge in [0.1, 0.15) is 4.21 Å². The number of nitrogens with one attached hydrogen (secondary N) is 1. The molecule has 0 bridgehead atoms. The van der Waals surface area contributed by atoms with Crippen LogP contribution in [0.5, 0.6) is 0 Å². The van der Waals surface area contributed by atoms with Crippen LogP contribution in [-0.2, 0) is 10.0 Å². The van der Waals surface area contributed by atoms with Gasteiger partial charge in [-0.25, -0.2) is 8.42 Å². The number of sulfonamides is 1. The molecule has 0 saturated carbocycles. The van der Waals surface area contributed by atoms with Gasteiger partial charge in [-0.3, -0.25) is 4.72 Å². The Morgan fingerprint density at radius 2 is 2.00 bits per heavy atom. The van der Waals surface area contributed by atoms with E-state index in [1.54, 1.807) is 0 Å². The van der Waals surface area contributed by atoms with E-state index in [1.807, 2.05) is 0 Å². The number of benzene rings is 1. The van der Waals surface area contributed by atoms with Gasteiger partial charge in [0.05, 0.1) is 15.0 Å². The van der Waals surface area contributed by atoms with Crippen LogP contribution in [0.2, 0.25) is 9.36 Å². The monoisotopic (exact) mass is 365 g/mol. The van der Waals surface area contributed by atoms with E-state index in [2.05, 4.69) is 9.88 Å². The summed E-state index contributed by atoms with van der Waals surface area (Å²) >= 11 is 12.6. The second kappa shape index (κ2) is 6.10. The zero-order valence-corrected chi connectivity index (χ0v) is 13.4. The average molecular weight is 366 g/mol. The first-order valence-electron chi connectivity index (χ1n) is 5.39. The standard InChI is InChI=1S/C11H9Cl2N3O3S2/c12-7-2-1-6(11(14)15-17)5-8(7)16-21(18,19)10-4-3-9(13)20-10/h1-5,16-17H,(H2,14,15). The zero-order chi connectivity index (χ0) is 15.6. The second-order valence-electron chi connectivity index (χ2n) is 3.84. The van der Waals surface area contributed by atoms with E-state index in [-0.39, 0.29) is 20.8 Å². The molecule has 6 nitrogen and oxygen atoms in total. The van der Waals surface area contributed by atoms with Crippen LogP contribution < -0.4 is 10.5 Å². The molecule has 1 aromatic heterocycles. The van der Waals surface area contributed by atoms with Crippen LogP contribution in [0.1, 0.15) is 5.56 Å². The summed E-state index contributed by atoms with van der Waals surface area (Å²) in [6.07, 6.45) is 0. The topological polar surface area (TPSA) is 105 Å². The third-order valence-electron chi connectivity index (χ3n) is 2.43. The lowest BCUT2D eigenvalue weighted by atomic mass is 10.2. The Balaban J connectivity index is 2.39. The Morgan fingerprint density at radius 3 is 2.57 bits per heavy atom. The SMILES string of the molecule is N/C(=N/O)c1ccc(Cl)c(NS(=O)(=O)c2ccc(Cl)s2)c1. The van der Waals surface area contributed by atoms with Crippen LogP contribution in [0, 0.1) is 0 Å². The summed E-state index contributed by atoms with van der Waals surface area (Å²) in [5.74, 6) is -0.161. The number of thiophene rings is 1. The van der Waals surface area contributed by atoms with E-state index in [0.29, 0.717) is 9.90 Å². The first-order valence-corrected chi connectivity index (χ1v) is 8.44. The van der Waals surface area contributed by atoms with Gasteiger partial charge in [-0.15, -0.1) is 11.3 Å². The molecule has 112 valence electrons. The maximum absolute atomic E-state index is 12.2. The molecule has 0 aliphatic rings. The molecule has 0 aliphatic heterocycles. The molecule has 0 saturated heterocycles. The van der Waals surface area contributed by atoms with Crippen molar-refractivity contribution in [2.75, 3.05) is 4.72 Å². The molecule has 10 heteroatoms. The Kier molecular flexibility index (Phi) is 4.62. The number of hydrogen-bond donors (Lipinski definition) is 3. The van der Waals surface area contributed by atoms with Gasteiger partial charge in [-0.2, -0.15) is 0 Å². The summed E-state index contributed by atoms with van der Waals surface area (Å²) in [6.45, 7) is 0. The molecule has 0 amide bonds. The van der Waals surface area contributed by atoms with E-state index in [1.165, 1.54) is 30.3 Å². The smallest absolute Gasteiger partial charge is 0.271 e. The van der Waals surface area contributed by atoms with Crippen LogP contribution in [0.3, 0.4) is 0 Å². The second-order valence-corrected chi connectivity index (χ2v) is 7.88. The van der Waals surface area contributed by atoms with E-state index >= 15 is 0 Å². The predicted molar refractivity (Wildman–Crippen MR) is 84.1 cm³/mol. The van der Waals surface area contributed by atoms with Gasteiger partial charge in [0.15, 0.2) is 5.84 Å². The average Bonchev–Trinajstić information content (AvgIpc) is 2.87. The Bertz CT molecular complexity index is 803. The summed E-state index contributed by atoms with van der Waals surface area (Å²) in [7, 11) is -3.81. The van der Waals surface area contributed by atoms with Crippen LogP contribution in [0.15, 0.2) is 39.7 Å². The lowest BCUT2D eigenvalue weighted by Gasteiger charge is -2.09. The maximum Gasteiger partial charge on any atom is 0.271 e. The third-order valence-corrected chi connectivity index (χ3v) is 5.85. The van der Waals surface area contributed by atoms with E-state index < -0.39 is 10.0 Å². The fraction of sp³-hybridized carbons (Fsp3) is 0. The summed E-state index contributed by atoms with van der Waals surface area (Å²) in [5, 5.41) is 11.7. The van der Waals surface area contributed by atoms with Gasteiger partial charge < -0.3 is 10.9 Å². The molecule has 2 rings (SSSR count). The number of anilines is 1. The number of hydrogen-bond acceptors (Lipinski definition) is 5. The van der Waals surface area contributed by atoms with Crippen molar-refractivity contribution in [1.29, 1.82) is 0 Å². The molecule has 0 unspecified atom stereocenters. The minimum Gasteiger partial charge on any atom is -0.409 e. The van der Waals surface area contributed by atoms with Crippen molar-refractivity contribution in [3.05, 3.63) is 45.3 Å². The molecule has 0 atom stereocenters. The first kappa shape index (κ1) is 15.9. The van der Waals surface area contributed by atoms with Gasteiger partial charge in [-0.05, 0) is 30.3 Å². The highest BCUT2D eigenvalue weighted by atomic mass is 35.5. The number of oxime groups is 1. The van der Waals surface area contributed by atoms with E-state index in [0.717, 1.165) is 11.3 Å². The lowest BCUT2D eigenvalue weighted by molar-refractivity contribution is 0.318. The lowest BCUT2D eigenvalue weighted by Crippen LogP contribution is -2.15. The van der Waals surface area contributed by atoms with Crippen molar-refractivity contribution in [1.82, 2.24) is 0 Å². The molecule has 0 fully saturated rings. The Labute approximate surface area is 134 Å². The zero-order valence-electron chi connectivity index (χ0n) is 10.2. The molecule has 1 heterocycles. The molecule has 0 aliphatic carbocycles. The van der Waals surface area contributed by atoms with Gasteiger partial charge in [-0.1, -0.05) is 28.4 Å². The van der Waals surface area contributed by atoms with Crippen molar-refractivity contribution in [3.63, 3.8) is 0 Å².